The Hall–Kier alpha value is -0.600. The van der Waals surface area contributed by atoms with Gasteiger partial charge in [-0.2, -0.15) is 0 Å². The van der Waals surface area contributed by atoms with E-state index in [1.165, 1.54) is 5.57 Å². The van der Waals surface area contributed by atoms with Gasteiger partial charge < -0.3 is 0 Å². The molecule has 0 bridgehead atoms. The van der Waals surface area contributed by atoms with Crippen LogP contribution in [0.4, 0.5) is 0 Å². The average Bonchev–Trinajstić information content (AvgIpc) is 2.05. The molecule has 1 N–H and O–H groups in total. The summed E-state index contributed by atoms with van der Waals surface area (Å²) >= 11 is 0. The first-order valence-electron chi connectivity index (χ1n) is 4.35. The smallest absolute Gasteiger partial charge is 0.117 e. The lowest BCUT2D eigenvalue weighted by Crippen LogP contribution is -2.20. The van der Waals surface area contributed by atoms with Gasteiger partial charge in [0.2, 0.25) is 0 Å². The van der Waals surface area contributed by atoms with Crippen LogP contribution in [0.15, 0.2) is 23.8 Å². The summed E-state index contributed by atoms with van der Waals surface area (Å²) in [6, 6.07) is 0. The second-order valence-electron chi connectivity index (χ2n) is 3.61. The maximum absolute atomic E-state index is 8.58. The van der Waals surface area contributed by atoms with Crippen LogP contribution in [0.3, 0.4) is 0 Å². The van der Waals surface area contributed by atoms with E-state index in [1.807, 2.05) is 13.0 Å². The molecule has 0 aromatic rings. The predicted molar refractivity (Wildman–Crippen MR) is 48.7 cm³/mol. The second-order valence-corrected chi connectivity index (χ2v) is 3.61. The molecule has 0 saturated carbocycles. The molecule has 1 aliphatic rings. The number of hydrogen-bond acceptors (Lipinski definition) is 2. The normalized spacial score (nSPS) is 29.2. The van der Waals surface area contributed by atoms with Crippen molar-refractivity contribution in [1.29, 1.82) is 0 Å². The zero-order valence-corrected chi connectivity index (χ0v) is 7.82. The van der Waals surface area contributed by atoms with E-state index in [4.69, 9.17) is 5.26 Å². The van der Waals surface area contributed by atoms with E-state index >= 15 is 0 Å². The van der Waals surface area contributed by atoms with Crippen LogP contribution in [0, 0.1) is 11.8 Å². The lowest BCUT2D eigenvalue weighted by Gasteiger charge is -2.21. The molecule has 0 heterocycles. The Labute approximate surface area is 73.5 Å². The van der Waals surface area contributed by atoms with Crippen LogP contribution in [0.25, 0.3) is 0 Å². The van der Waals surface area contributed by atoms with E-state index < -0.39 is 0 Å². The molecule has 0 amide bonds. The molecular formula is C10H16O2. The fourth-order valence-electron chi connectivity index (χ4n) is 1.28. The van der Waals surface area contributed by atoms with Crippen LogP contribution in [0.5, 0.6) is 0 Å². The Kier molecular flexibility index (Phi) is 3.06. The fourth-order valence-corrected chi connectivity index (χ4v) is 1.28. The van der Waals surface area contributed by atoms with Crippen LogP contribution < -0.4 is 0 Å². The molecule has 1 aliphatic carbocycles. The highest BCUT2D eigenvalue weighted by atomic mass is 17.1. The van der Waals surface area contributed by atoms with Gasteiger partial charge in [0.05, 0.1) is 0 Å². The Morgan fingerprint density at radius 2 is 2.17 bits per heavy atom. The van der Waals surface area contributed by atoms with Crippen molar-refractivity contribution < 1.29 is 10.1 Å². The predicted octanol–water partition coefficient (Wildman–Crippen LogP) is 2.63. The summed E-state index contributed by atoms with van der Waals surface area (Å²) in [5.41, 5.74) is 1.23. The number of hydrogen-bond donors (Lipinski definition) is 1. The van der Waals surface area contributed by atoms with E-state index in [0.717, 1.165) is 0 Å². The van der Waals surface area contributed by atoms with Gasteiger partial charge >= 0.3 is 0 Å². The van der Waals surface area contributed by atoms with Gasteiger partial charge in [0.25, 0.3) is 0 Å². The monoisotopic (exact) mass is 168 g/mol. The standard InChI is InChI=1S/C10H16O2/c1-7(2)9-5-4-8(3)10(6-9)12-11/h4-8,10-11H,1-3H3. The van der Waals surface area contributed by atoms with E-state index in [-0.39, 0.29) is 12.0 Å². The third-order valence-corrected chi connectivity index (χ3v) is 2.26. The van der Waals surface area contributed by atoms with Crippen LogP contribution in [0.1, 0.15) is 20.8 Å². The van der Waals surface area contributed by atoms with Crippen molar-refractivity contribution in [2.75, 3.05) is 0 Å². The molecule has 12 heavy (non-hydrogen) atoms. The lowest BCUT2D eigenvalue weighted by molar-refractivity contribution is -0.272. The zero-order chi connectivity index (χ0) is 9.14. The SMILES string of the molecule is CC(C)C1=CC(OO)C(C)C=C1. The first-order chi connectivity index (χ1) is 5.65. The average molecular weight is 168 g/mol. The molecule has 0 aromatic carbocycles. The van der Waals surface area contributed by atoms with Gasteiger partial charge in [0, 0.05) is 5.92 Å². The van der Waals surface area contributed by atoms with Gasteiger partial charge in [0.15, 0.2) is 0 Å². The van der Waals surface area contributed by atoms with Crippen molar-refractivity contribution in [3.63, 3.8) is 0 Å². The molecule has 2 atom stereocenters. The minimum absolute atomic E-state index is 0.174. The van der Waals surface area contributed by atoms with Crippen LogP contribution >= 0.6 is 0 Å². The molecule has 0 aromatic heterocycles. The number of allylic oxidation sites excluding steroid dienone is 2. The van der Waals surface area contributed by atoms with Gasteiger partial charge in [-0.25, -0.2) is 4.89 Å². The molecule has 0 fully saturated rings. The van der Waals surface area contributed by atoms with Crippen LogP contribution in [0.2, 0.25) is 0 Å². The minimum Gasteiger partial charge on any atom is -0.251 e. The van der Waals surface area contributed by atoms with Gasteiger partial charge in [0.1, 0.15) is 6.10 Å². The molecular weight excluding hydrogens is 152 g/mol. The zero-order valence-electron chi connectivity index (χ0n) is 7.82. The van der Waals surface area contributed by atoms with Crippen molar-refractivity contribution in [2.45, 2.75) is 26.9 Å². The van der Waals surface area contributed by atoms with E-state index in [9.17, 15) is 0 Å². The Bertz CT molecular complexity index is 204. The van der Waals surface area contributed by atoms with Crippen molar-refractivity contribution in [2.24, 2.45) is 11.8 Å². The van der Waals surface area contributed by atoms with Gasteiger partial charge in [-0.05, 0) is 17.6 Å². The molecule has 1 rings (SSSR count). The summed E-state index contributed by atoms with van der Waals surface area (Å²) in [5.74, 6) is 0.754. The summed E-state index contributed by atoms with van der Waals surface area (Å²) in [6.45, 7) is 6.27. The summed E-state index contributed by atoms with van der Waals surface area (Å²) in [7, 11) is 0. The molecule has 0 spiro atoms. The van der Waals surface area contributed by atoms with Crippen molar-refractivity contribution in [3.05, 3.63) is 23.8 Å². The Morgan fingerprint density at radius 1 is 1.50 bits per heavy atom. The molecule has 2 unspecified atom stereocenters. The highest BCUT2D eigenvalue weighted by Crippen LogP contribution is 2.23. The second kappa shape index (κ2) is 3.87. The third-order valence-electron chi connectivity index (χ3n) is 2.26. The Morgan fingerprint density at radius 3 is 2.67 bits per heavy atom. The largest absolute Gasteiger partial charge is 0.251 e. The summed E-state index contributed by atoms with van der Waals surface area (Å²) in [4.78, 5) is 4.36. The molecule has 68 valence electrons. The summed E-state index contributed by atoms with van der Waals surface area (Å²) in [5, 5.41) is 8.58. The van der Waals surface area contributed by atoms with Crippen molar-refractivity contribution in [3.8, 4) is 0 Å². The van der Waals surface area contributed by atoms with Gasteiger partial charge in [-0.1, -0.05) is 32.9 Å². The molecule has 2 heteroatoms. The van der Waals surface area contributed by atoms with Crippen LogP contribution in [-0.4, -0.2) is 11.4 Å². The minimum atomic E-state index is -0.174. The van der Waals surface area contributed by atoms with E-state index in [0.29, 0.717) is 5.92 Å². The third kappa shape index (κ3) is 1.96. The van der Waals surface area contributed by atoms with Gasteiger partial charge in [-0.3, -0.25) is 5.26 Å². The van der Waals surface area contributed by atoms with E-state index in [2.05, 4.69) is 30.9 Å². The lowest BCUT2D eigenvalue weighted by atomic mass is 9.90. The molecule has 0 saturated heterocycles. The highest BCUT2D eigenvalue weighted by Gasteiger charge is 2.18. The molecule has 0 aliphatic heterocycles. The first kappa shape index (κ1) is 9.49. The quantitative estimate of drug-likeness (QED) is 0.507. The van der Waals surface area contributed by atoms with E-state index in [1.54, 1.807) is 0 Å². The topological polar surface area (TPSA) is 29.5 Å². The van der Waals surface area contributed by atoms with Crippen LogP contribution in [-0.2, 0) is 4.89 Å². The fraction of sp³-hybridized carbons (Fsp3) is 0.600. The molecule has 2 nitrogen and oxygen atoms in total. The Balaban J connectivity index is 2.73. The van der Waals surface area contributed by atoms with Crippen molar-refractivity contribution in [1.82, 2.24) is 0 Å². The maximum Gasteiger partial charge on any atom is 0.117 e. The number of rotatable bonds is 2. The van der Waals surface area contributed by atoms with Crippen molar-refractivity contribution >= 4 is 0 Å². The highest BCUT2D eigenvalue weighted by molar-refractivity contribution is 5.27. The molecule has 0 radical (unpaired) electrons. The summed E-state index contributed by atoms with van der Waals surface area (Å²) in [6.07, 6.45) is 5.98. The van der Waals surface area contributed by atoms with Gasteiger partial charge in [-0.15, -0.1) is 0 Å². The summed E-state index contributed by atoms with van der Waals surface area (Å²) < 4.78 is 0. The first-order valence-corrected chi connectivity index (χ1v) is 4.35. The maximum atomic E-state index is 8.58.